The second kappa shape index (κ2) is 14.0. The van der Waals surface area contributed by atoms with Crippen LogP contribution in [0.15, 0.2) is 48.6 Å². The molecule has 2 N–H and O–H groups in total. The molecule has 13 nitrogen and oxygen atoms in total. The van der Waals surface area contributed by atoms with Crippen LogP contribution in [0.3, 0.4) is 0 Å². The third-order valence-electron chi connectivity index (χ3n) is 10.9. The largest absolute Gasteiger partial charge is 0.497 e. The van der Waals surface area contributed by atoms with Crippen molar-refractivity contribution in [2.75, 3.05) is 27.8 Å². The summed E-state index contributed by atoms with van der Waals surface area (Å²) in [5.41, 5.74) is 0.774. The molecule has 0 bridgehead atoms. The molecule has 2 aromatic carbocycles. The number of ether oxygens (including phenoxy) is 3. The maximum atomic E-state index is 14.3. The number of carbonyl (C=O) groups is 3. The predicted molar refractivity (Wildman–Crippen MR) is 193 cm³/mol. The van der Waals surface area contributed by atoms with Crippen LogP contribution in [0.2, 0.25) is 0 Å². The molecule has 7 rings (SSSR count). The van der Waals surface area contributed by atoms with Crippen molar-refractivity contribution in [2.45, 2.75) is 75.2 Å². The Morgan fingerprint density at radius 2 is 1.75 bits per heavy atom. The Kier molecular flexibility index (Phi) is 9.62. The van der Waals surface area contributed by atoms with Gasteiger partial charge in [0.15, 0.2) is 5.82 Å². The van der Waals surface area contributed by atoms with Crippen LogP contribution >= 0.6 is 0 Å². The highest BCUT2D eigenvalue weighted by Gasteiger charge is 2.62. The number of aromatic nitrogens is 2. The van der Waals surface area contributed by atoms with Crippen LogP contribution in [0.4, 0.5) is 0 Å². The minimum Gasteiger partial charge on any atom is -0.497 e. The van der Waals surface area contributed by atoms with Gasteiger partial charge in [0.1, 0.15) is 23.1 Å². The number of allylic oxidation sites excluding steroid dienone is 1. The number of aryl methyl sites for hydroxylation is 1. The summed E-state index contributed by atoms with van der Waals surface area (Å²) in [5.74, 6) is -1.21. The molecule has 2 heterocycles. The number of hydrogen-bond acceptors (Lipinski definition) is 10. The van der Waals surface area contributed by atoms with Gasteiger partial charge in [-0.15, -0.1) is 0 Å². The molecule has 3 amide bonds. The van der Waals surface area contributed by atoms with E-state index >= 15 is 0 Å². The lowest BCUT2D eigenvalue weighted by Gasteiger charge is -2.26. The van der Waals surface area contributed by atoms with Gasteiger partial charge in [0.2, 0.25) is 27.7 Å². The number of carbonyl (C=O) groups excluding carboxylic acids is 3. The number of hydrogen-bond donors (Lipinski definition) is 2. The zero-order valence-corrected chi connectivity index (χ0v) is 30.7. The van der Waals surface area contributed by atoms with E-state index in [9.17, 15) is 22.8 Å². The van der Waals surface area contributed by atoms with Crippen LogP contribution in [0.5, 0.6) is 17.4 Å². The van der Waals surface area contributed by atoms with Crippen molar-refractivity contribution in [3.05, 3.63) is 54.1 Å². The van der Waals surface area contributed by atoms with E-state index in [1.807, 2.05) is 55.5 Å². The van der Waals surface area contributed by atoms with E-state index in [1.165, 1.54) is 0 Å². The monoisotopic (exact) mass is 731 g/mol. The summed E-state index contributed by atoms with van der Waals surface area (Å²) in [6, 6.07) is 11.0. The summed E-state index contributed by atoms with van der Waals surface area (Å²) in [5, 5.41) is 3.01. The number of rotatable bonds is 8. The van der Waals surface area contributed by atoms with Crippen molar-refractivity contribution in [1.29, 1.82) is 0 Å². The smallest absolute Gasteiger partial charge is 0.259 e. The van der Waals surface area contributed by atoms with Gasteiger partial charge in [0, 0.05) is 30.6 Å². The fraction of sp³-hybridized carbons (Fsp3) is 0.500. The van der Waals surface area contributed by atoms with E-state index in [-0.39, 0.29) is 31.1 Å². The summed E-state index contributed by atoms with van der Waals surface area (Å²) < 4.78 is 45.4. The maximum absolute atomic E-state index is 14.3. The molecule has 14 heteroatoms. The van der Waals surface area contributed by atoms with E-state index in [4.69, 9.17) is 24.2 Å². The maximum Gasteiger partial charge on any atom is 0.259 e. The summed E-state index contributed by atoms with van der Waals surface area (Å²) >= 11 is 0. The Balaban J connectivity index is 1.21. The molecule has 1 aliphatic heterocycles. The molecule has 1 aromatic heterocycles. The van der Waals surface area contributed by atoms with E-state index in [2.05, 4.69) is 10.0 Å². The number of nitrogens with one attached hydrogen (secondary N) is 2. The van der Waals surface area contributed by atoms with Crippen molar-refractivity contribution in [3.63, 3.8) is 0 Å². The van der Waals surface area contributed by atoms with Gasteiger partial charge >= 0.3 is 0 Å². The highest BCUT2D eigenvalue weighted by Crippen LogP contribution is 2.47. The summed E-state index contributed by atoms with van der Waals surface area (Å²) in [6.45, 7) is 2.45. The highest BCUT2D eigenvalue weighted by atomic mass is 32.2. The van der Waals surface area contributed by atoms with Crippen LogP contribution in [-0.2, 0) is 24.4 Å². The molecular weight excluding hydrogens is 687 g/mol. The van der Waals surface area contributed by atoms with Gasteiger partial charge in [-0.1, -0.05) is 12.2 Å². The average molecular weight is 732 g/mol. The number of fused-ring (bicyclic) bond motifs is 3. The normalized spacial score (nSPS) is 27.1. The van der Waals surface area contributed by atoms with Crippen molar-refractivity contribution >= 4 is 38.6 Å². The van der Waals surface area contributed by atoms with Gasteiger partial charge in [-0.3, -0.25) is 19.1 Å². The minimum atomic E-state index is -3.84. The molecule has 5 atom stereocenters. The van der Waals surface area contributed by atoms with Crippen molar-refractivity contribution in [1.82, 2.24) is 24.9 Å². The fourth-order valence-corrected chi connectivity index (χ4v) is 8.88. The zero-order chi connectivity index (χ0) is 36.8. The summed E-state index contributed by atoms with van der Waals surface area (Å²) in [4.78, 5) is 53.3. The summed E-state index contributed by atoms with van der Waals surface area (Å²) in [7, 11) is 1.10. The number of benzene rings is 2. The van der Waals surface area contributed by atoms with Gasteiger partial charge in [-0.05, 0) is 94.7 Å². The fourth-order valence-electron chi connectivity index (χ4n) is 7.52. The Bertz CT molecular complexity index is 2030. The Morgan fingerprint density at radius 1 is 1.00 bits per heavy atom. The van der Waals surface area contributed by atoms with Gasteiger partial charge in [-0.2, -0.15) is 4.98 Å². The molecule has 0 saturated heterocycles. The average Bonchev–Trinajstić information content (AvgIpc) is 4.06. The molecular formula is C38H45N5O8S. The first-order valence-corrected chi connectivity index (χ1v) is 19.4. The lowest BCUT2D eigenvalue weighted by atomic mass is 9.93. The van der Waals surface area contributed by atoms with E-state index < -0.39 is 50.6 Å². The second-order valence-corrected chi connectivity index (χ2v) is 16.4. The van der Waals surface area contributed by atoms with Crippen LogP contribution in [0.1, 0.15) is 56.9 Å². The molecule has 0 radical (unpaired) electrons. The number of amides is 3. The van der Waals surface area contributed by atoms with Gasteiger partial charge in [0.25, 0.3) is 5.91 Å². The first-order valence-electron chi connectivity index (χ1n) is 17.9. The van der Waals surface area contributed by atoms with Gasteiger partial charge in [-0.25, -0.2) is 13.4 Å². The molecule has 3 fully saturated rings. The standard InChI is InChI=1S/C38H45N5O8S/c1-22-31(50-4)17-16-28-32(22)39-33(23-10-12-25(49-3)13-11-23)40-35(28)51-26-19-29-30(20-26)36(45)43(2)18-8-6-5-7-9-24-21-38(24,41-34(29)44)37(46)42-52(47,48)27-14-15-27/h7,9-13,16-17,24,26-27,29-30H,5-6,8,14-15,18-21H2,1-4H3,(H,41,44)(H,42,46)/b9-7-/t24-,26-,29-,30-,38-/m1/s1. The first-order chi connectivity index (χ1) is 24.9. The third kappa shape index (κ3) is 6.92. The molecule has 52 heavy (non-hydrogen) atoms. The van der Waals surface area contributed by atoms with Crippen LogP contribution in [0.25, 0.3) is 22.3 Å². The number of nitrogens with zero attached hydrogens (tertiary/aromatic N) is 3. The van der Waals surface area contributed by atoms with E-state index in [0.717, 1.165) is 30.4 Å². The Hall–Kier alpha value is -4.72. The quantitative estimate of drug-likeness (QED) is 0.323. The number of sulfonamides is 1. The Morgan fingerprint density at radius 3 is 2.46 bits per heavy atom. The molecule has 0 spiro atoms. The zero-order valence-electron chi connectivity index (χ0n) is 29.9. The molecule has 0 unspecified atom stereocenters. The molecule has 3 aromatic rings. The van der Waals surface area contributed by atoms with Gasteiger partial charge < -0.3 is 24.4 Å². The third-order valence-corrected chi connectivity index (χ3v) is 12.7. The molecule has 3 saturated carbocycles. The van der Waals surface area contributed by atoms with Crippen LogP contribution in [0, 0.1) is 24.7 Å². The van der Waals surface area contributed by atoms with Crippen LogP contribution in [-0.4, -0.2) is 85.7 Å². The van der Waals surface area contributed by atoms with E-state index in [0.29, 0.717) is 53.5 Å². The van der Waals surface area contributed by atoms with E-state index in [1.54, 1.807) is 26.2 Å². The first kappa shape index (κ1) is 35.7. The topological polar surface area (TPSA) is 166 Å². The Labute approximate surface area is 303 Å². The SMILES string of the molecule is COc1ccc(-c2nc(O[C@@H]3C[C@H]4C(=O)N[C@]5(C(=O)NS(=O)(=O)C6CC6)C[C@H]5/C=C\CCCCN(C)C(=O)[C@@H]4C3)c3ccc(OC)c(C)c3n2)cc1. The van der Waals surface area contributed by atoms with Crippen LogP contribution < -0.4 is 24.2 Å². The van der Waals surface area contributed by atoms with Crippen molar-refractivity contribution in [2.24, 2.45) is 17.8 Å². The summed E-state index contributed by atoms with van der Waals surface area (Å²) in [6.07, 6.45) is 7.36. The predicted octanol–water partition coefficient (Wildman–Crippen LogP) is 4.08. The minimum absolute atomic E-state index is 0.173. The highest BCUT2D eigenvalue weighted by molar-refractivity contribution is 7.91. The second-order valence-electron chi connectivity index (χ2n) is 14.4. The molecule has 3 aliphatic carbocycles. The van der Waals surface area contributed by atoms with Crippen molar-refractivity contribution < 1.29 is 37.0 Å². The van der Waals surface area contributed by atoms with Crippen molar-refractivity contribution in [3.8, 4) is 28.8 Å². The lowest BCUT2D eigenvalue weighted by molar-refractivity contribution is -0.140. The molecule has 276 valence electrons. The number of methoxy groups -OCH3 is 2. The lowest BCUT2D eigenvalue weighted by Crippen LogP contribution is -2.54. The van der Waals surface area contributed by atoms with Gasteiger partial charge in [0.05, 0.1) is 42.2 Å². The molecule has 4 aliphatic rings.